The van der Waals surface area contributed by atoms with Crippen LogP contribution in [0.25, 0.3) is 0 Å². The monoisotopic (exact) mass is 264 g/mol. The second kappa shape index (κ2) is 8.16. The molecule has 0 radical (unpaired) electrons. The van der Waals surface area contributed by atoms with Crippen LogP contribution in [0.15, 0.2) is 18.5 Å². The summed E-state index contributed by atoms with van der Waals surface area (Å²) in [5, 5.41) is 3.48. The second-order valence-corrected chi connectivity index (χ2v) is 5.91. The van der Waals surface area contributed by atoms with Crippen LogP contribution in [0.5, 0.6) is 5.75 Å². The molecule has 3 nitrogen and oxygen atoms in total. The number of nitrogens with zero attached hydrogens (tertiary/aromatic N) is 1. The topological polar surface area (TPSA) is 34.2 Å². The van der Waals surface area contributed by atoms with Crippen LogP contribution >= 0.6 is 0 Å². The number of pyridine rings is 1. The van der Waals surface area contributed by atoms with Crippen LogP contribution in [0.2, 0.25) is 0 Å². The van der Waals surface area contributed by atoms with Crippen LogP contribution < -0.4 is 10.1 Å². The maximum Gasteiger partial charge on any atom is 0.138 e. The molecule has 0 aliphatic heterocycles. The zero-order valence-electron chi connectivity index (χ0n) is 12.9. The number of ether oxygens (including phenoxy) is 1. The van der Waals surface area contributed by atoms with Crippen LogP contribution in [0.1, 0.15) is 52.5 Å². The van der Waals surface area contributed by atoms with Crippen molar-refractivity contribution >= 4 is 0 Å². The van der Waals surface area contributed by atoms with Crippen molar-refractivity contribution < 1.29 is 4.74 Å². The van der Waals surface area contributed by atoms with E-state index in [1.54, 1.807) is 6.20 Å². The lowest BCUT2D eigenvalue weighted by Crippen LogP contribution is -2.21. The third kappa shape index (κ3) is 6.58. The van der Waals surface area contributed by atoms with Gasteiger partial charge in [-0.05, 0) is 56.8 Å². The SMILES string of the molecule is CC(C)CNCCC(C)c1cncc(OC(C)C)c1. The average Bonchev–Trinajstić information content (AvgIpc) is 2.33. The summed E-state index contributed by atoms with van der Waals surface area (Å²) in [6.07, 6.45) is 5.05. The van der Waals surface area contributed by atoms with E-state index in [0.717, 1.165) is 25.3 Å². The maximum absolute atomic E-state index is 5.68. The minimum absolute atomic E-state index is 0.195. The molecule has 0 spiro atoms. The number of rotatable bonds is 8. The van der Waals surface area contributed by atoms with Crippen molar-refractivity contribution in [3.8, 4) is 5.75 Å². The van der Waals surface area contributed by atoms with Gasteiger partial charge in [-0.25, -0.2) is 0 Å². The van der Waals surface area contributed by atoms with Crippen LogP contribution in [0.4, 0.5) is 0 Å². The summed E-state index contributed by atoms with van der Waals surface area (Å²) in [5.74, 6) is 2.08. The minimum Gasteiger partial charge on any atom is -0.489 e. The summed E-state index contributed by atoms with van der Waals surface area (Å²) in [7, 11) is 0. The zero-order valence-corrected chi connectivity index (χ0v) is 12.9. The van der Waals surface area contributed by atoms with E-state index in [9.17, 15) is 0 Å². The molecule has 0 saturated heterocycles. The Kier molecular flexibility index (Phi) is 6.85. The fraction of sp³-hybridized carbons (Fsp3) is 0.688. The molecule has 108 valence electrons. The van der Waals surface area contributed by atoms with Crippen LogP contribution in [-0.2, 0) is 0 Å². The van der Waals surface area contributed by atoms with Gasteiger partial charge in [0.05, 0.1) is 12.3 Å². The summed E-state index contributed by atoms with van der Waals surface area (Å²) >= 11 is 0. The third-order valence-electron chi connectivity index (χ3n) is 2.98. The van der Waals surface area contributed by atoms with E-state index in [1.165, 1.54) is 5.56 Å². The van der Waals surface area contributed by atoms with Crippen LogP contribution in [0, 0.1) is 5.92 Å². The zero-order chi connectivity index (χ0) is 14.3. The second-order valence-electron chi connectivity index (χ2n) is 5.91. The van der Waals surface area contributed by atoms with E-state index in [-0.39, 0.29) is 6.10 Å². The first kappa shape index (κ1) is 16.0. The van der Waals surface area contributed by atoms with Crippen molar-refractivity contribution in [1.29, 1.82) is 0 Å². The van der Waals surface area contributed by atoms with Gasteiger partial charge < -0.3 is 10.1 Å². The first-order valence-electron chi connectivity index (χ1n) is 7.31. The largest absolute Gasteiger partial charge is 0.489 e. The van der Waals surface area contributed by atoms with Crippen molar-refractivity contribution in [2.24, 2.45) is 5.92 Å². The van der Waals surface area contributed by atoms with E-state index in [4.69, 9.17) is 4.74 Å². The smallest absolute Gasteiger partial charge is 0.138 e. The van der Waals surface area contributed by atoms with Gasteiger partial charge >= 0.3 is 0 Å². The van der Waals surface area contributed by atoms with Crippen molar-refractivity contribution in [2.75, 3.05) is 13.1 Å². The van der Waals surface area contributed by atoms with Crippen molar-refractivity contribution in [3.63, 3.8) is 0 Å². The highest BCUT2D eigenvalue weighted by Crippen LogP contribution is 2.22. The van der Waals surface area contributed by atoms with Gasteiger partial charge in [-0.15, -0.1) is 0 Å². The van der Waals surface area contributed by atoms with E-state index in [0.29, 0.717) is 11.8 Å². The van der Waals surface area contributed by atoms with Gasteiger partial charge in [0.25, 0.3) is 0 Å². The lowest BCUT2D eigenvalue weighted by atomic mass is 9.99. The molecule has 1 unspecified atom stereocenters. The molecule has 0 aromatic carbocycles. The fourth-order valence-corrected chi connectivity index (χ4v) is 1.92. The molecule has 0 saturated carbocycles. The normalized spacial score (nSPS) is 13.0. The molecule has 0 aliphatic rings. The Morgan fingerprint density at radius 3 is 2.53 bits per heavy atom. The van der Waals surface area contributed by atoms with Gasteiger partial charge in [0.2, 0.25) is 0 Å². The maximum atomic E-state index is 5.68. The Hall–Kier alpha value is -1.09. The fourth-order valence-electron chi connectivity index (χ4n) is 1.92. The van der Waals surface area contributed by atoms with E-state index in [1.807, 2.05) is 20.0 Å². The number of hydrogen-bond acceptors (Lipinski definition) is 3. The highest BCUT2D eigenvalue weighted by atomic mass is 16.5. The molecule has 1 N–H and O–H groups in total. The Labute approximate surface area is 117 Å². The summed E-state index contributed by atoms with van der Waals surface area (Å²) in [5.41, 5.74) is 1.25. The Morgan fingerprint density at radius 1 is 1.16 bits per heavy atom. The number of nitrogens with one attached hydrogen (secondary N) is 1. The molecule has 1 heterocycles. The first-order chi connectivity index (χ1) is 8.99. The molecule has 1 aromatic rings. The Balaban J connectivity index is 2.45. The summed E-state index contributed by atoms with van der Waals surface area (Å²) in [6, 6.07) is 2.11. The van der Waals surface area contributed by atoms with Gasteiger partial charge in [0, 0.05) is 6.20 Å². The van der Waals surface area contributed by atoms with Crippen molar-refractivity contribution in [3.05, 3.63) is 24.0 Å². The first-order valence-corrected chi connectivity index (χ1v) is 7.31. The summed E-state index contributed by atoms with van der Waals surface area (Å²) < 4.78 is 5.68. The van der Waals surface area contributed by atoms with E-state index >= 15 is 0 Å². The van der Waals surface area contributed by atoms with Crippen molar-refractivity contribution in [2.45, 2.75) is 53.1 Å². The van der Waals surface area contributed by atoms with Gasteiger partial charge in [0.15, 0.2) is 0 Å². The average molecular weight is 264 g/mol. The standard InChI is InChI=1S/C16H28N2O/c1-12(2)9-17-7-6-14(5)15-8-16(11-18-10-15)19-13(3)4/h8,10-14,17H,6-7,9H2,1-5H3. The highest BCUT2D eigenvalue weighted by molar-refractivity contribution is 5.26. The van der Waals surface area contributed by atoms with Gasteiger partial charge in [-0.3, -0.25) is 4.98 Å². The van der Waals surface area contributed by atoms with Crippen LogP contribution in [0.3, 0.4) is 0 Å². The van der Waals surface area contributed by atoms with E-state index < -0.39 is 0 Å². The Morgan fingerprint density at radius 2 is 1.89 bits per heavy atom. The predicted octanol–water partition coefficient (Wildman–Crippen LogP) is 3.61. The molecular formula is C16H28N2O. The number of hydrogen-bond donors (Lipinski definition) is 1. The number of aromatic nitrogens is 1. The van der Waals surface area contributed by atoms with Gasteiger partial charge in [0.1, 0.15) is 5.75 Å². The molecule has 0 aliphatic carbocycles. The molecular weight excluding hydrogens is 236 g/mol. The lowest BCUT2D eigenvalue weighted by Gasteiger charge is -2.15. The van der Waals surface area contributed by atoms with Gasteiger partial charge in [-0.2, -0.15) is 0 Å². The quantitative estimate of drug-likeness (QED) is 0.728. The molecule has 1 aromatic heterocycles. The van der Waals surface area contributed by atoms with Crippen LogP contribution in [-0.4, -0.2) is 24.2 Å². The molecule has 1 rings (SSSR count). The summed E-state index contributed by atoms with van der Waals surface area (Å²) in [6.45, 7) is 12.9. The van der Waals surface area contributed by atoms with Gasteiger partial charge in [-0.1, -0.05) is 20.8 Å². The van der Waals surface area contributed by atoms with Crippen molar-refractivity contribution in [1.82, 2.24) is 10.3 Å². The minimum atomic E-state index is 0.195. The summed E-state index contributed by atoms with van der Waals surface area (Å²) in [4.78, 5) is 4.27. The predicted molar refractivity (Wildman–Crippen MR) is 80.7 cm³/mol. The molecule has 0 bridgehead atoms. The third-order valence-corrected chi connectivity index (χ3v) is 2.98. The molecule has 0 amide bonds. The molecule has 19 heavy (non-hydrogen) atoms. The highest BCUT2D eigenvalue weighted by Gasteiger charge is 2.08. The lowest BCUT2D eigenvalue weighted by molar-refractivity contribution is 0.241. The Bertz CT molecular complexity index is 364. The molecule has 1 atom stereocenters. The van der Waals surface area contributed by atoms with E-state index in [2.05, 4.69) is 37.1 Å². The molecule has 0 fully saturated rings. The molecule has 3 heteroatoms.